The Labute approximate surface area is 385 Å². The quantitative estimate of drug-likeness (QED) is 0.141. The van der Waals surface area contributed by atoms with Gasteiger partial charge in [-0.3, -0.25) is 0 Å². The summed E-state index contributed by atoms with van der Waals surface area (Å²) < 4.78 is 2.42. The first-order valence-corrected chi connectivity index (χ1v) is 22.7. The van der Waals surface area contributed by atoms with Gasteiger partial charge in [-0.05, 0) is 145 Å². The first-order chi connectivity index (χ1) is 32.7. The SMILES string of the molecule is c1ccc(-c2ccc(N(c3ccc(-c4cc(-c5ccccc5)cc(-c5ccccc5)c4)cc3)c3cccc(-c4c5ccccc5cc5c4c4ccccc4n5-c4ccccc4)c3)cc2)cc1. The van der Waals surface area contributed by atoms with Gasteiger partial charge >= 0.3 is 0 Å². The van der Waals surface area contributed by atoms with Crippen molar-refractivity contribution in [1.29, 1.82) is 0 Å². The molecule has 0 unspecified atom stereocenters. The van der Waals surface area contributed by atoms with E-state index in [9.17, 15) is 0 Å². The molecule has 0 saturated heterocycles. The third-order valence-electron chi connectivity index (χ3n) is 12.9. The summed E-state index contributed by atoms with van der Waals surface area (Å²) in [6.07, 6.45) is 0. The summed E-state index contributed by atoms with van der Waals surface area (Å²) in [4.78, 5) is 2.40. The van der Waals surface area contributed by atoms with E-state index in [2.05, 4.69) is 276 Å². The predicted molar refractivity (Wildman–Crippen MR) is 280 cm³/mol. The molecule has 0 aliphatic heterocycles. The van der Waals surface area contributed by atoms with Gasteiger partial charge in [0.15, 0.2) is 0 Å². The zero-order valence-corrected chi connectivity index (χ0v) is 36.3. The van der Waals surface area contributed by atoms with Crippen molar-refractivity contribution < 1.29 is 0 Å². The van der Waals surface area contributed by atoms with Gasteiger partial charge in [0.2, 0.25) is 0 Å². The Hall–Kier alpha value is -8.72. The highest BCUT2D eigenvalue weighted by Crippen LogP contribution is 2.45. The summed E-state index contributed by atoms with van der Waals surface area (Å²) in [7, 11) is 0. The van der Waals surface area contributed by atoms with Crippen LogP contribution in [0.1, 0.15) is 0 Å². The Morgan fingerprint density at radius 3 is 1.27 bits per heavy atom. The van der Waals surface area contributed by atoms with E-state index in [4.69, 9.17) is 0 Å². The second-order valence-electron chi connectivity index (χ2n) is 16.9. The molecule has 0 amide bonds. The highest BCUT2D eigenvalue weighted by Gasteiger charge is 2.21. The van der Waals surface area contributed by atoms with Crippen LogP contribution in [0.5, 0.6) is 0 Å². The average Bonchev–Trinajstić information content (AvgIpc) is 3.73. The maximum atomic E-state index is 2.42. The third-order valence-corrected chi connectivity index (χ3v) is 12.9. The normalized spacial score (nSPS) is 11.3. The number of nitrogens with zero attached hydrogens (tertiary/aromatic N) is 2. The first-order valence-electron chi connectivity index (χ1n) is 22.7. The van der Waals surface area contributed by atoms with Crippen LogP contribution in [0.2, 0.25) is 0 Å². The van der Waals surface area contributed by atoms with E-state index in [1.54, 1.807) is 0 Å². The molecule has 0 saturated carbocycles. The van der Waals surface area contributed by atoms with E-state index in [0.717, 1.165) is 28.3 Å². The lowest BCUT2D eigenvalue weighted by Crippen LogP contribution is -2.10. The van der Waals surface area contributed by atoms with Gasteiger partial charge in [-0.25, -0.2) is 0 Å². The molecule has 0 N–H and O–H groups in total. The number of para-hydroxylation sites is 2. The monoisotopic (exact) mass is 840 g/mol. The fraction of sp³-hybridized carbons (Fsp3) is 0. The third kappa shape index (κ3) is 7.12. The minimum Gasteiger partial charge on any atom is -0.310 e. The Balaban J connectivity index is 1.03. The van der Waals surface area contributed by atoms with Crippen LogP contribution in [0.25, 0.3) is 93.9 Å². The van der Waals surface area contributed by atoms with Crippen LogP contribution in [0.4, 0.5) is 17.1 Å². The van der Waals surface area contributed by atoms with Gasteiger partial charge in [0, 0.05) is 33.5 Å². The molecule has 0 bridgehead atoms. The zero-order valence-electron chi connectivity index (χ0n) is 36.3. The molecular weight excluding hydrogens is 797 g/mol. The first kappa shape index (κ1) is 38.9. The summed E-state index contributed by atoms with van der Waals surface area (Å²) in [5.74, 6) is 0. The molecule has 2 nitrogen and oxygen atoms in total. The van der Waals surface area contributed by atoms with Gasteiger partial charge in [-0.2, -0.15) is 0 Å². The molecule has 0 radical (unpaired) electrons. The van der Waals surface area contributed by atoms with Crippen LogP contribution < -0.4 is 4.90 Å². The maximum Gasteiger partial charge on any atom is 0.0553 e. The molecular formula is C64H44N2. The lowest BCUT2D eigenvalue weighted by Gasteiger charge is -2.27. The lowest BCUT2D eigenvalue weighted by atomic mass is 9.92. The molecule has 0 aliphatic carbocycles. The Bertz CT molecular complexity index is 3590. The van der Waals surface area contributed by atoms with Crippen LogP contribution in [-0.4, -0.2) is 4.57 Å². The predicted octanol–water partition coefficient (Wildman–Crippen LogP) is 17.7. The van der Waals surface area contributed by atoms with Gasteiger partial charge in [-0.1, -0.05) is 188 Å². The maximum absolute atomic E-state index is 2.42. The molecule has 66 heavy (non-hydrogen) atoms. The fourth-order valence-electron chi connectivity index (χ4n) is 9.82. The van der Waals surface area contributed by atoms with Gasteiger partial charge in [0.05, 0.1) is 11.0 Å². The number of hydrogen-bond acceptors (Lipinski definition) is 1. The minimum atomic E-state index is 1.08. The summed E-state index contributed by atoms with van der Waals surface area (Å²) in [6.45, 7) is 0. The van der Waals surface area contributed by atoms with E-state index in [1.165, 1.54) is 82.6 Å². The average molecular weight is 841 g/mol. The number of hydrogen-bond donors (Lipinski definition) is 0. The number of rotatable bonds is 9. The van der Waals surface area contributed by atoms with E-state index < -0.39 is 0 Å². The molecule has 2 heteroatoms. The second-order valence-corrected chi connectivity index (χ2v) is 16.9. The molecule has 0 aliphatic rings. The number of aromatic nitrogens is 1. The van der Waals surface area contributed by atoms with Gasteiger partial charge in [0.1, 0.15) is 0 Å². The molecule has 0 atom stereocenters. The van der Waals surface area contributed by atoms with Crippen molar-refractivity contribution in [2.45, 2.75) is 0 Å². The molecule has 12 rings (SSSR count). The van der Waals surface area contributed by atoms with Gasteiger partial charge in [0.25, 0.3) is 0 Å². The van der Waals surface area contributed by atoms with E-state index >= 15 is 0 Å². The topological polar surface area (TPSA) is 8.17 Å². The van der Waals surface area contributed by atoms with Crippen LogP contribution in [0, 0.1) is 0 Å². The largest absolute Gasteiger partial charge is 0.310 e. The number of anilines is 3. The second kappa shape index (κ2) is 16.8. The number of benzene rings is 11. The summed E-state index contributed by atoms with van der Waals surface area (Å²) in [5.41, 5.74) is 18.7. The molecule has 0 spiro atoms. The molecule has 12 aromatic rings. The highest BCUT2D eigenvalue weighted by atomic mass is 15.1. The Kier molecular flexibility index (Phi) is 9.89. The van der Waals surface area contributed by atoms with Crippen molar-refractivity contribution in [1.82, 2.24) is 4.57 Å². The van der Waals surface area contributed by atoms with Crippen molar-refractivity contribution in [3.05, 3.63) is 267 Å². The highest BCUT2D eigenvalue weighted by molar-refractivity contribution is 6.23. The van der Waals surface area contributed by atoms with Crippen LogP contribution in [0.3, 0.4) is 0 Å². The molecule has 310 valence electrons. The lowest BCUT2D eigenvalue weighted by molar-refractivity contribution is 1.18. The zero-order chi connectivity index (χ0) is 43.8. The molecule has 11 aromatic carbocycles. The van der Waals surface area contributed by atoms with Crippen molar-refractivity contribution in [2.75, 3.05) is 4.90 Å². The van der Waals surface area contributed by atoms with Crippen molar-refractivity contribution in [3.8, 4) is 61.3 Å². The van der Waals surface area contributed by atoms with E-state index in [0.29, 0.717) is 0 Å². The minimum absolute atomic E-state index is 1.08. The Morgan fingerprint density at radius 2 is 0.697 bits per heavy atom. The summed E-state index contributed by atoms with van der Waals surface area (Å²) in [5, 5.41) is 4.93. The van der Waals surface area contributed by atoms with Crippen LogP contribution >= 0.6 is 0 Å². The van der Waals surface area contributed by atoms with Crippen molar-refractivity contribution in [3.63, 3.8) is 0 Å². The standard InChI is InChI=1S/C64H44N2/c1-5-18-45(19-6-1)48-32-36-56(37-33-48)65(57-38-34-49(35-39-57)54-41-52(46-20-7-2-8-21-46)40-53(42-54)47-22-9-3-10-23-47)58-28-17-25-51(43-58)63-59-29-14-13-24-50(59)44-62-64(63)60-30-15-16-31-61(60)66(62)55-26-11-4-12-27-55/h1-44H. The Morgan fingerprint density at radius 1 is 0.258 bits per heavy atom. The van der Waals surface area contributed by atoms with Crippen LogP contribution in [0.15, 0.2) is 267 Å². The smallest absolute Gasteiger partial charge is 0.0553 e. The van der Waals surface area contributed by atoms with Gasteiger partial charge < -0.3 is 9.47 Å². The summed E-state index contributed by atoms with van der Waals surface area (Å²) >= 11 is 0. The number of fused-ring (bicyclic) bond motifs is 4. The molecule has 1 aromatic heterocycles. The van der Waals surface area contributed by atoms with Crippen molar-refractivity contribution in [2.24, 2.45) is 0 Å². The van der Waals surface area contributed by atoms with Crippen molar-refractivity contribution >= 4 is 49.6 Å². The molecule has 1 heterocycles. The van der Waals surface area contributed by atoms with E-state index in [1.807, 2.05) is 0 Å². The van der Waals surface area contributed by atoms with Gasteiger partial charge in [-0.15, -0.1) is 0 Å². The van der Waals surface area contributed by atoms with E-state index in [-0.39, 0.29) is 0 Å². The summed E-state index contributed by atoms with van der Waals surface area (Å²) in [6, 6.07) is 96.9. The molecule has 0 fully saturated rings. The fourth-order valence-corrected chi connectivity index (χ4v) is 9.82. The van der Waals surface area contributed by atoms with Crippen LogP contribution in [-0.2, 0) is 0 Å².